The Morgan fingerprint density at radius 3 is 2.70 bits per heavy atom. The second kappa shape index (κ2) is 5.62. The second-order valence-corrected chi connectivity index (χ2v) is 6.36. The number of rotatable bonds is 5. The van der Waals surface area contributed by atoms with Crippen LogP contribution < -0.4 is 5.32 Å². The number of aryl methyl sites for hydroxylation is 2. The van der Waals surface area contributed by atoms with Crippen LogP contribution in [0.3, 0.4) is 0 Å². The molecule has 0 aliphatic heterocycles. The topological polar surface area (TPSA) is 73.0 Å². The van der Waals surface area contributed by atoms with Crippen molar-refractivity contribution >= 4 is 22.8 Å². The van der Waals surface area contributed by atoms with Crippen LogP contribution in [0.15, 0.2) is 12.1 Å². The minimum absolute atomic E-state index is 0.0149. The van der Waals surface area contributed by atoms with Crippen molar-refractivity contribution in [1.29, 1.82) is 0 Å². The van der Waals surface area contributed by atoms with Crippen LogP contribution in [0.1, 0.15) is 35.2 Å². The van der Waals surface area contributed by atoms with Gasteiger partial charge in [-0.25, -0.2) is 4.68 Å². The summed E-state index contributed by atoms with van der Waals surface area (Å²) in [5.74, 6) is 0.478. The van der Waals surface area contributed by atoms with Crippen molar-refractivity contribution in [2.45, 2.75) is 33.2 Å². The van der Waals surface area contributed by atoms with Gasteiger partial charge in [-0.15, -0.1) is 11.3 Å². The molecule has 108 valence electrons. The highest BCUT2D eigenvalue weighted by atomic mass is 32.1. The molecule has 0 unspecified atom stereocenters. The first-order chi connectivity index (χ1) is 9.40. The smallest absolute Gasteiger partial charge is 0.334 e. The molecule has 1 N–H and O–H groups in total. The lowest BCUT2D eigenvalue weighted by atomic mass is 10.1. The standard InChI is InChI=1S/C13H18N4O2S/c1-8(2)11-12(17(18)19)13(16(4)15-11)14-7-10-6-5-9(3)20-10/h5-6,8,14H,7H2,1-4H3. The first kappa shape index (κ1) is 14.5. The first-order valence-electron chi connectivity index (χ1n) is 6.40. The van der Waals surface area contributed by atoms with E-state index >= 15 is 0 Å². The van der Waals surface area contributed by atoms with Gasteiger partial charge in [-0.1, -0.05) is 13.8 Å². The van der Waals surface area contributed by atoms with Gasteiger partial charge in [0.05, 0.1) is 11.5 Å². The van der Waals surface area contributed by atoms with Gasteiger partial charge < -0.3 is 5.32 Å². The Hall–Kier alpha value is -1.89. The molecule has 2 heterocycles. The van der Waals surface area contributed by atoms with Crippen LogP contribution >= 0.6 is 11.3 Å². The third-order valence-electron chi connectivity index (χ3n) is 3.00. The predicted molar refractivity (Wildman–Crippen MR) is 80.3 cm³/mol. The molecule has 0 amide bonds. The van der Waals surface area contributed by atoms with Crippen molar-refractivity contribution in [2.75, 3.05) is 5.32 Å². The average molecular weight is 294 g/mol. The Morgan fingerprint density at radius 1 is 1.50 bits per heavy atom. The highest BCUT2D eigenvalue weighted by Gasteiger charge is 2.28. The van der Waals surface area contributed by atoms with Crippen LogP contribution in [-0.4, -0.2) is 14.7 Å². The average Bonchev–Trinajstić information content (AvgIpc) is 2.90. The van der Waals surface area contributed by atoms with Crippen LogP contribution in [0.25, 0.3) is 0 Å². The molecule has 2 aromatic rings. The summed E-state index contributed by atoms with van der Waals surface area (Å²) in [7, 11) is 1.72. The normalized spacial score (nSPS) is 11.1. The van der Waals surface area contributed by atoms with Crippen LogP contribution in [-0.2, 0) is 13.6 Å². The number of anilines is 1. The lowest BCUT2D eigenvalue weighted by Crippen LogP contribution is -2.05. The molecule has 0 aliphatic carbocycles. The van der Waals surface area contributed by atoms with Crippen molar-refractivity contribution in [3.8, 4) is 0 Å². The Balaban J connectivity index is 2.28. The SMILES string of the molecule is Cc1ccc(CNc2c([N+](=O)[O-])c(C(C)C)nn2C)s1. The van der Waals surface area contributed by atoms with Crippen LogP contribution in [0.4, 0.5) is 11.5 Å². The van der Waals surface area contributed by atoms with E-state index in [9.17, 15) is 10.1 Å². The summed E-state index contributed by atoms with van der Waals surface area (Å²) in [6.45, 7) is 6.41. The lowest BCUT2D eigenvalue weighted by molar-refractivity contribution is -0.384. The highest BCUT2D eigenvalue weighted by Crippen LogP contribution is 2.33. The maximum Gasteiger partial charge on any atom is 0.334 e. The molecule has 0 saturated carbocycles. The number of thiophene rings is 1. The second-order valence-electron chi connectivity index (χ2n) is 4.98. The Bertz CT molecular complexity index is 630. The summed E-state index contributed by atoms with van der Waals surface area (Å²) in [6.07, 6.45) is 0. The fourth-order valence-corrected chi connectivity index (χ4v) is 2.88. The van der Waals surface area contributed by atoms with Gasteiger partial charge in [0.1, 0.15) is 5.69 Å². The van der Waals surface area contributed by atoms with Crippen molar-refractivity contribution in [3.05, 3.63) is 37.7 Å². The van der Waals surface area contributed by atoms with Crippen molar-refractivity contribution in [1.82, 2.24) is 9.78 Å². The molecule has 20 heavy (non-hydrogen) atoms. The van der Waals surface area contributed by atoms with E-state index in [-0.39, 0.29) is 16.5 Å². The molecule has 2 rings (SSSR count). The Labute approximate surface area is 121 Å². The summed E-state index contributed by atoms with van der Waals surface area (Å²) < 4.78 is 1.55. The summed E-state index contributed by atoms with van der Waals surface area (Å²) in [5, 5.41) is 18.7. The Morgan fingerprint density at radius 2 is 2.20 bits per heavy atom. The lowest BCUT2D eigenvalue weighted by Gasteiger charge is -2.04. The molecule has 0 fully saturated rings. The zero-order valence-electron chi connectivity index (χ0n) is 12.0. The van der Waals surface area contributed by atoms with Gasteiger partial charge in [-0.05, 0) is 19.1 Å². The Kier molecular flexibility index (Phi) is 4.08. The fourth-order valence-electron chi connectivity index (χ4n) is 2.05. The molecule has 0 saturated heterocycles. The molecule has 6 nitrogen and oxygen atoms in total. The molecular formula is C13H18N4O2S. The van der Waals surface area contributed by atoms with Crippen LogP contribution in [0, 0.1) is 17.0 Å². The van der Waals surface area contributed by atoms with Crippen LogP contribution in [0.2, 0.25) is 0 Å². The van der Waals surface area contributed by atoms with E-state index in [0.717, 1.165) is 4.88 Å². The molecule has 2 aromatic heterocycles. The van der Waals surface area contributed by atoms with Crippen LogP contribution in [0.5, 0.6) is 0 Å². The summed E-state index contributed by atoms with van der Waals surface area (Å²) in [4.78, 5) is 13.3. The van der Waals surface area contributed by atoms with E-state index in [1.165, 1.54) is 4.88 Å². The van der Waals surface area contributed by atoms with E-state index in [0.29, 0.717) is 18.1 Å². The monoisotopic (exact) mass is 294 g/mol. The van der Waals surface area contributed by atoms with Gasteiger partial charge >= 0.3 is 5.69 Å². The minimum atomic E-state index is -0.357. The van der Waals surface area contributed by atoms with E-state index in [1.54, 1.807) is 23.1 Å². The molecule has 0 spiro atoms. The summed E-state index contributed by atoms with van der Waals surface area (Å²) >= 11 is 1.68. The first-order valence-corrected chi connectivity index (χ1v) is 7.22. The molecule has 0 aliphatic rings. The third kappa shape index (κ3) is 2.82. The third-order valence-corrected chi connectivity index (χ3v) is 4.00. The van der Waals surface area contributed by atoms with E-state index in [2.05, 4.69) is 10.4 Å². The maximum absolute atomic E-state index is 11.3. The van der Waals surface area contributed by atoms with Crippen molar-refractivity contribution in [3.63, 3.8) is 0 Å². The highest BCUT2D eigenvalue weighted by molar-refractivity contribution is 7.11. The van der Waals surface area contributed by atoms with Crippen molar-refractivity contribution in [2.24, 2.45) is 7.05 Å². The maximum atomic E-state index is 11.3. The zero-order chi connectivity index (χ0) is 14.9. The van der Waals surface area contributed by atoms with Gasteiger partial charge in [0.2, 0.25) is 5.82 Å². The summed E-state index contributed by atoms with van der Waals surface area (Å²) in [5.41, 5.74) is 0.595. The van der Waals surface area contributed by atoms with Gasteiger partial charge in [-0.2, -0.15) is 5.10 Å². The number of hydrogen-bond acceptors (Lipinski definition) is 5. The molecule has 0 atom stereocenters. The number of hydrogen-bond donors (Lipinski definition) is 1. The number of nitro groups is 1. The zero-order valence-corrected chi connectivity index (χ0v) is 12.8. The van der Waals surface area contributed by atoms with Gasteiger partial charge in [-0.3, -0.25) is 10.1 Å². The minimum Gasteiger partial charge on any atom is -0.360 e. The fraction of sp³-hybridized carbons (Fsp3) is 0.462. The van der Waals surface area contributed by atoms with Gasteiger partial charge in [0, 0.05) is 22.7 Å². The molecule has 0 aromatic carbocycles. The van der Waals surface area contributed by atoms with Crippen molar-refractivity contribution < 1.29 is 4.92 Å². The summed E-state index contributed by atoms with van der Waals surface area (Å²) in [6, 6.07) is 4.07. The van der Waals surface area contributed by atoms with E-state index < -0.39 is 0 Å². The van der Waals surface area contributed by atoms with E-state index in [4.69, 9.17) is 0 Å². The molecule has 7 heteroatoms. The van der Waals surface area contributed by atoms with Gasteiger partial charge in [0.25, 0.3) is 0 Å². The van der Waals surface area contributed by atoms with E-state index in [1.807, 2.05) is 32.9 Å². The van der Waals surface area contributed by atoms with Gasteiger partial charge in [0.15, 0.2) is 0 Å². The molecule has 0 radical (unpaired) electrons. The number of nitrogens with one attached hydrogen (secondary N) is 1. The number of aromatic nitrogens is 2. The molecule has 0 bridgehead atoms. The predicted octanol–water partition coefficient (Wildman–Crippen LogP) is 3.43. The molecular weight excluding hydrogens is 276 g/mol. The number of nitrogens with zero attached hydrogens (tertiary/aromatic N) is 3. The quantitative estimate of drug-likeness (QED) is 0.677. The largest absolute Gasteiger partial charge is 0.360 e.